The van der Waals surface area contributed by atoms with Crippen LogP contribution in [-0.4, -0.2) is 65.7 Å². The van der Waals surface area contributed by atoms with E-state index in [-0.39, 0.29) is 6.61 Å². The molecule has 2 aliphatic rings. The zero-order valence-electron chi connectivity index (χ0n) is 12.8. The van der Waals surface area contributed by atoms with Crippen LogP contribution in [0.4, 0.5) is 5.95 Å². The van der Waals surface area contributed by atoms with Gasteiger partial charge in [-0.2, -0.15) is 4.98 Å². The van der Waals surface area contributed by atoms with Crippen LogP contribution in [0.25, 0.3) is 0 Å². The zero-order chi connectivity index (χ0) is 15.4. The Hall–Kier alpha value is -1.44. The molecule has 3 N–H and O–H groups in total. The van der Waals surface area contributed by atoms with Crippen molar-refractivity contribution in [3.8, 4) is 5.88 Å². The quantitative estimate of drug-likeness (QED) is 0.652. The van der Waals surface area contributed by atoms with Gasteiger partial charge in [-0.25, -0.2) is 4.98 Å². The van der Waals surface area contributed by atoms with Gasteiger partial charge in [0.25, 0.3) is 0 Å². The number of aliphatic hydroxyl groups excluding tert-OH is 2. The molecule has 7 heteroatoms. The number of aryl methyl sites for hydroxylation is 1. The third kappa shape index (κ3) is 3.48. The predicted molar refractivity (Wildman–Crippen MR) is 82.3 cm³/mol. The van der Waals surface area contributed by atoms with E-state index in [0.717, 1.165) is 62.6 Å². The number of hydrogen-bond donors (Lipinski definition) is 3. The van der Waals surface area contributed by atoms with Gasteiger partial charge >= 0.3 is 0 Å². The number of nitrogens with one attached hydrogen (secondary N) is 1. The van der Waals surface area contributed by atoms with Crippen molar-refractivity contribution in [2.75, 3.05) is 44.3 Å². The highest BCUT2D eigenvalue weighted by atomic mass is 16.5. The van der Waals surface area contributed by atoms with Gasteiger partial charge in [-0.15, -0.1) is 0 Å². The standard InChI is InChI=1S/C15H24N4O3/c20-10-11(21)4-9-22-14-12-2-1-3-13(12)17-15(18-14)19-7-5-16-6-8-19/h11,16,20-21H,1-10H2/t11-/m1/s1. The van der Waals surface area contributed by atoms with Gasteiger partial charge in [0.2, 0.25) is 11.8 Å². The summed E-state index contributed by atoms with van der Waals surface area (Å²) in [5.41, 5.74) is 2.21. The fraction of sp³-hybridized carbons (Fsp3) is 0.733. The van der Waals surface area contributed by atoms with Gasteiger partial charge in [0.1, 0.15) is 0 Å². The molecular formula is C15H24N4O3. The van der Waals surface area contributed by atoms with Crippen molar-refractivity contribution in [3.05, 3.63) is 11.3 Å². The highest BCUT2D eigenvalue weighted by Crippen LogP contribution is 2.30. The topological polar surface area (TPSA) is 90.7 Å². The van der Waals surface area contributed by atoms with Crippen molar-refractivity contribution in [3.63, 3.8) is 0 Å². The number of rotatable bonds is 6. The van der Waals surface area contributed by atoms with Crippen LogP contribution in [-0.2, 0) is 12.8 Å². The van der Waals surface area contributed by atoms with Gasteiger partial charge in [0, 0.05) is 38.2 Å². The van der Waals surface area contributed by atoms with Gasteiger partial charge in [-0.1, -0.05) is 0 Å². The first kappa shape index (κ1) is 15.5. The average molecular weight is 308 g/mol. The van der Waals surface area contributed by atoms with Gasteiger partial charge in [0.15, 0.2) is 0 Å². The minimum absolute atomic E-state index is 0.239. The monoisotopic (exact) mass is 308 g/mol. The molecule has 1 saturated heterocycles. The maximum absolute atomic E-state index is 9.41. The summed E-state index contributed by atoms with van der Waals surface area (Å²) in [5, 5.41) is 21.6. The number of ether oxygens (including phenoxy) is 1. The molecule has 22 heavy (non-hydrogen) atoms. The van der Waals surface area contributed by atoms with Gasteiger partial charge in [-0.3, -0.25) is 0 Å². The summed E-state index contributed by atoms with van der Waals surface area (Å²) in [6.45, 7) is 3.81. The summed E-state index contributed by atoms with van der Waals surface area (Å²) in [4.78, 5) is 11.5. The van der Waals surface area contributed by atoms with E-state index in [4.69, 9.17) is 14.8 Å². The minimum Gasteiger partial charge on any atom is -0.477 e. The number of aromatic nitrogens is 2. The summed E-state index contributed by atoms with van der Waals surface area (Å²) in [6.07, 6.45) is 2.69. The fourth-order valence-corrected chi connectivity index (χ4v) is 2.89. The first-order chi connectivity index (χ1) is 10.8. The molecule has 1 atom stereocenters. The normalized spacial score (nSPS) is 19.1. The molecule has 1 aliphatic carbocycles. The molecule has 0 bridgehead atoms. The van der Waals surface area contributed by atoms with Crippen molar-refractivity contribution in [2.24, 2.45) is 0 Å². The number of aliphatic hydroxyl groups is 2. The molecule has 1 aromatic rings. The lowest BCUT2D eigenvalue weighted by Gasteiger charge is -2.28. The first-order valence-electron chi connectivity index (χ1n) is 8.05. The molecule has 3 rings (SSSR count). The van der Waals surface area contributed by atoms with Crippen LogP contribution in [0.15, 0.2) is 0 Å². The van der Waals surface area contributed by atoms with Crippen molar-refractivity contribution >= 4 is 5.95 Å². The van der Waals surface area contributed by atoms with Crippen molar-refractivity contribution in [2.45, 2.75) is 31.8 Å². The summed E-state index contributed by atoms with van der Waals surface area (Å²) in [6, 6.07) is 0. The lowest BCUT2D eigenvalue weighted by molar-refractivity contribution is 0.0746. The largest absolute Gasteiger partial charge is 0.477 e. The van der Waals surface area contributed by atoms with Crippen LogP contribution in [0, 0.1) is 0 Å². The van der Waals surface area contributed by atoms with Crippen LogP contribution in [0.1, 0.15) is 24.1 Å². The minimum atomic E-state index is -0.734. The SMILES string of the molecule is OC[C@H](O)CCOc1nc(N2CCNCC2)nc2c1CCC2. The van der Waals surface area contributed by atoms with E-state index in [1.807, 2.05) is 0 Å². The van der Waals surface area contributed by atoms with E-state index in [1.165, 1.54) is 0 Å². The predicted octanol–water partition coefficient (Wildman–Crippen LogP) is -0.503. The van der Waals surface area contributed by atoms with E-state index < -0.39 is 6.10 Å². The third-order valence-electron chi connectivity index (χ3n) is 4.18. The maximum atomic E-state index is 9.41. The van der Waals surface area contributed by atoms with Gasteiger partial charge < -0.3 is 25.2 Å². The number of piperazine rings is 1. The molecule has 1 aromatic heterocycles. The van der Waals surface area contributed by atoms with Crippen LogP contribution in [0.2, 0.25) is 0 Å². The smallest absolute Gasteiger partial charge is 0.228 e. The Morgan fingerprint density at radius 1 is 1.23 bits per heavy atom. The van der Waals surface area contributed by atoms with Gasteiger partial charge in [0.05, 0.1) is 25.0 Å². The van der Waals surface area contributed by atoms with Crippen LogP contribution >= 0.6 is 0 Å². The zero-order valence-corrected chi connectivity index (χ0v) is 12.8. The van der Waals surface area contributed by atoms with Gasteiger partial charge in [-0.05, 0) is 19.3 Å². The molecule has 2 heterocycles. The molecular weight excluding hydrogens is 284 g/mol. The fourth-order valence-electron chi connectivity index (χ4n) is 2.89. The Kier molecular flexibility index (Phi) is 5.07. The molecule has 1 fully saturated rings. The van der Waals surface area contributed by atoms with Crippen molar-refractivity contribution < 1.29 is 14.9 Å². The average Bonchev–Trinajstić information content (AvgIpc) is 3.04. The van der Waals surface area contributed by atoms with E-state index >= 15 is 0 Å². The van der Waals surface area contributed by atoms with E-state index in [1.54, 1.807) is 0 Å². The summed E-state index contributed by atoms with van der Waals surface area (Å²) >= 11 is 0. The van der Waals surface area contributed by atoms with Crippen molar-refractivity contribution in [1.29, 1.82) is 0 Å². The van der Waals surface area contributed by atoms with E-state index in [0.29, 0.717) is 18.9 Å². The van der Waals surface area contributed by atoms with E-state index in [2.05, 4.69) is 15.2 Å². The Labute approximate surface area is 130 Å². The number of anilines is 1. The highest BCUT2D eigenvalue weighted by Gasteiger charge is 2.23. The number of hydrogen-bond acceptors (Lipinski definition) is 7. The molecule has 7 nitrogen and oxygen atoms in total. The molecule has 0 aromatic carbocycles. The van der Waals surface area contributed by atoms with Crippen LogP contribution in [0.5, 0.6) is 5.88 Å². The molecule has 0 amide bonds. The first-order valence-corrected chi connectivity index (χ1v) is 8.05. The molecule has 0 spiro atoms. The Morgan fingerprint density at radius 3 is 2.82 bits per heavy atom. The lowest BCUT2D eigenvalue weighted by atomic mass is 10.2. The van der Waals surface area contributed by atoms with Crippen LogP contribution < -0.4 is 15.0 Å². The second-order valence-corrected chi connectivity index (χ2v) is 5.82. The molecule has 122 valence electrons. The molecule has 0 saturated carbocycles. The van der Waals surface area contributed by atoms with Crippen LogP contribution in [0.3, 0.4) is 0 Å². The summed E-state index contributed by atoms with van der Waals surface area (Å²) in [7, 11) is 0. The molecule has 0 unspecified atom stereocenters. The number of fused-ring (bicyclic) bond motifs is 1. The Morgan fingerprint density at radius 2 is 2.05 bits per heavy atom. The Balaban J connectivity index is 1.74. The third-order valence-corrected chi connectivity index (χ3v) is 4.18. The van der Waals surface area contributed by atoms with E-state index in [9.17, 15) is 5.11 Å². The molecule has 1 aliphatic heterocycles. The molecule has 0 radical (unpaired) electrons. The Bertz CT molecular complexity index is 506. The second-order valence-electron chi connectivity index (χ2n) is 5.82. The second kappa shape index (κ2) is 7.21. The summed E-state index contributed by atoms with van der Waals surface area (Å²) < 4.78 is 5.79. The maximum Gasteiger partial charge on any atom is 0.228 e. The summed E-state index contributed by atoms with van der Waals surface area (Å²) in [5.74, 6) is 1.40. The number of nitrogens with zero attached hydrogens (tertiary/aromatic N) is 3. The van der Waals surface area contributed by atoms with Crippen molar-refractivity contribution in [1.82, 2.24) is 15.3 Å². The highest BCUT2D eigenvalue weighted by molar-refractivity contribution is 5.42. The lowest BCUT2D eigenvalue weighted by Crippen LogP contribution is -2.44.